The first-order chi connectivity index (χ1) is 12.9. The van der Waals surface area contributed by atoms with Gasteiger partial charge < -0.3 is 20.5 Å². The molecule has 1 amide bonds. The molecular weight excluding hydrogens is 344 g/mol. The zero-order valence-corrected chi connectivity index (χ0v) is 15.7. The van der Waals surface area contributed by atoms with E-state index in [0.717, 1.165) is 16.5 Å². The minimum absolute atomic E-state index is 0.102. The van der Waals surface area contributed by atoms with E-state index >= 15 is 0 Å². The molecule has 0 aliphatic rings. The highest BCUT2D eigenvalue weighted by Gasteiger charge is 2.15. The smallest absolute Gasteiger partial charge is 0.248 e. The van der Waals surface area contributed by atoms with Crippen LogP contribution >= 0.6 is 0 Å². The Bertz CT molecular complexity index is 1000. The number of methoxy groups -OCH3 is 2. The van der Waals surface area contributed by atoms with Crippen LogP contribution in [0.15, 0.2) is 36.4 Å². The lowest BCUT2D eigenvalue weighted by Crippen LogP contribution is -2.13. The van der Waals surface area contributed by atoms with Crippen molar-refractivity contribution in [1.29, 1.82) is 0 Å². The largest absolute Gasteiger partial charge is 0.493 e. The van der Waals surface area contributed by atoms with Gasteiger partial charge in [0.25, 0.3) is 0 Å². The summed E-state index contributed by atoms with van der Waals surface area (Å²) < 4.78 is 10.8. The van der Waals surface area contributed by atoms with Crippen LogP contribution in [-0.2, 0) is 0 Å². The Morgan fingerprint density at radius 1 is 1.11 bits per heavy atom. The van der Waals surface area contributed by atoms with Gasteiger partial charge >= 0.3 is 0 Å². The average Bonchev–Trinajstić information content (AvgIpc) is 2.66. The van der Waals surface area contributed by atoms with Crippen LogP contribution in [0.4, 0.5) is 5.82 Å². The number of amides is 1. The van der Waals surface area contributed by atoms with E-state index in [1.807, 2.05) is 38.1 Å². The van der Waals surface area contributed by atoms with E-state index in [0.29, 0.717) is 28.7 Å². The van der Waals surface area contributed by atoms with E-state index in [2.05, 4.69) is 15.3 Å². The Morgan fingerprint density at radius 2 is 1.81 bits per heavy atom. The van der Waals surface area contributed by atoms with Crippen LogP contribution in [0.2, 0.25) is 0 Å². The Balaban J connectivity index is 2.03. The van der Waals surface area contributed by atoms with Gasteiger partial charge in [-0.1, -0.05) is 12.1 Å². The van der Waals surface area contributed by atoms with E-state index in [4.69, 9.17) is 15.2 Å². The third-order valence-electron chi connectivity index (χ3n) is 4.34. The molecule has 2 aromatic carbocycles. The van der Waals surface area contributed by atoms with Gasteiger partial charge in [0.05, 0.1) is 19.7 Å². The van der Waals surface area contributed by atoms with Crippen LogP contribution in [0.5, 0.6) is 11.5 Å². The first kappa shape index (κ1) is 18.4. The van der Waals surface area contributed by atoms with E-state index in [9.17, 15) is 4.79 Å². The van der Waals surface area contributed by atoms with Crippen molar-refractivity contribution in [3.63, 3.8) is 0 Å². The zero-order chi connectivity index (χ0) is 19.6. The number of hydrogen-bond donors (Lipinski definition) is 2. The molecule has 0 unspecified atom stereocenters. The summed E-state index contributed by atoms with van der Waals surface area (Å²) in [5.41, 5.74) is 7.53. The molecular formula is C20H22N4O3. The second kappa shape index (κ2) is 7.49. The number of nitrogens with zero attached hydrogens (tertiary/aromatic N) is 2. The summed E-state index contributed by atoms with van der Waals surface area (Å²) in [5, 5.41) is 4.21. The molecule has 1 heterocycles. The molecule has 27 heavy (non-hydrogen) atoms. The molecule has 3 aromatic rings. The van der Waals surface area contributed by atoms with Crippen molar-refractivity contribution in [1.82, 2.24) is 9.97 Å². The second-order valence-corrected chi connectivity index (χ2v) is 6.20. The van der Waals surface area contributed by atoms with Crippen molar-refractivity contribution in [2.45, 2.75) is 19.9 Å². The summed E-state index contributed by atoms with van der Waals surface area (Å²) >= 11 is 0. The maximum absolute atomic E-state index is 11.4. The van der Waals surface area contributed by atoms with Gasteiger partial charge in [-0.05, 0) is 37.6 Å². The molecule has 3 rings (SSSR count). The SMILES string of the molecule is COc1cc2nc(C)nc(N[C@H](C)c3cccc(C(N)=O)c3)c2cc1OC. The van der Waals surface area contributed by atoms with Crippen molar-refractivity contribution in [3.05, 3.63) is 53.3 Å². The third kappa shape index (κ3) is 3.76. The summed E-state index contributed by atoms with van der Waals surface area (Å²) in [7, 11) is 3.18. The monoisotopic (exact) mass is 366 g/mol. The van der Waals surface area contributed by atoms with Gasteiger partial charge in [-0.25, -0.2) is 9.97 Å². The molecule has 3 N–H and O–H groups in total. The topological polar surface area (TPSA) is 99.4 Å². The molecule has 7 heteroatoms. The average molecular weight is 366 g/mol. The number of rotatable bonds is 6. The van der Waals surface area contributed by atoms with Crippen molar-refractivity contribution in [2.75, 3.05) is 19.5 Å². The molecule has 0 saturated heterocycles. The first-order valence-corrected chi connectivity index (χ1v) is 8.49. The van der Waals surface area contributed by atoms with Gasteiger partial charge in [0.2, 0.25) is 5.91 Å². The summed E-state index contributed by atoms with van der Waals surface area (Å²) in [4.78, 5) is 20.5. The quantitative estimate of drug-likeness (QED) is 0.695. The molecule has 1 aromatic heterocycles. The number of carbonyl (C=O) groups is 1. The normalized spacial score (nSPS) is 11.9. The second-order valence-electron chi connectivity index (χ2n) is 6.20. The lowest BCUT2D eigenvalue weighted by molar-refractivity contribution is 0.1000. The summed E-state index contributed by atoms with van der Waals surface area (Å²) in [6.45, 7) is 3.82. The molecule has 7 nitrogen and oxygen atoms in total. The van der Waals surface area contributed by atoms with E-state index in [1.165, 1.54) is 0 Å². The van der Waals surface area contributed by atoms with Gasteiger partial charge in [-0.2, -0.15) is 0 Å². The molecule has 0 saturated carbocycles. The van der Waals surface area contributed by atoms with Crippen LogP contribution in [0.25, 0.3) is 10.9 Å². The van der Waals surface area contributed by atoms with Crippen LogP contribution in [0, 0.1) is 6.92 Å². The minimum atomic E-state index is -0.454. The Morgan fingerprint density at radius 3 is 2.48 bits per heavy atom. The van der Waals surface area contributed by atoms with Crippen LogP contribution < -0.4 is 20.5 Å². The Kier molecular flexibility index (Phi) is 5.12. The lowest BCUT2D eigenvalue weighted by atomic mass is 10.0. The highest BCUT2D eigenvalue weighted by Crippen LogP contribution is 2.35. The fourth-order valence-electron chi connectivity index (χ4n) is 2.93. The van der Waals surface area contributed by atoms with Crippen molar-refractivity contribution < 1.29 is 14.3 Å². The number of ether oxygens (including phenoxy) is 2. The Labute approximate surface area is 157 Å². The number of anilines is 1. The van der Waals surface area contributed by atoms with Gasteiger partial charge in [0.15, 0.2) is 11.5 Å². The number of aromatic nitrogens is 2. The molecule has 0 radical (unpaired) electrons. The Hall–Kier alpha value is -3.35. The van der Waals surface area contributed by atoms with Crippen molar-refractivity contribution in [3.8, 4) is 11.5 Å². The third-order valence-corrected chi connectivity index (χ3v) is 4.34. The maximum atomic E-state index is 11.4. The van der Waals surface area contributed by atoms with E-state index < -0.39 is 5.91 Å². The molecule has 0 aliphatic heterocycles. The zero-order valence-electron chi connectivity index (χ0n) is 15.7. The van der Waals surface area contributed by atoms with Crippen LogP contribution in [0.3, 0.4) is 0 Å². The van der Waals surface area contributed by atoms with E-state index in [1.54, 1.807) is 26.4 Å². The van der Waals surface area contributed by atoms with Crippen molar-refractivity contribution in [2.24, 2.45) is 5.73 Å². The number of benzene rings is 2. The fourth-order valence-corrected chi connectivity index (χ4v) is 2.93. The number of nitrogens with one attached hydrogen (secondary N) is 1. The van der Waals surface area contributed by atoms with Crippen molar-refractivity contribution >= 4 is 22.6 Å². The highest BCUT2D eigenvalue weighted by atomic mass is 16.5. The highest BCUT2D eigenvalue weighted by molar-refractivity contribution is 5.93. The number of hydrogen-bond acceptors (Lipinski definition) is 6. The number of fused-ring (bicyclic) bond motifs is 1. The molecule has 1 atom stereocenters. The van der Waals surface area contributed by atoms with Gasteiger partial charge in [0.1, 0.15) is 11.6 Å². The van der Waals surface area contributed by atoms with Gasteiger partial charge in [0, 0.05) is 23.1 Å². The fraction of sp³-hybridized carbons (Fsp3) is 0.250. The van der Waals surface area contributed by atoms with Gasteiger partial charge in [-0.3, -0.25) is 4.79 Å². The van der Waals surface area contributed by atoms with Crippen LogP contribution in [-0.4, -0.2) is 30.1 Å². The van der Waals surface area contributed by atoms with E-state index in [-0.39, 0.29) is 6.04 Å². The maximum Gasteiger partial charge on any atom is 0.248 e. The number of nitrogens with two attached hydrogens (primary N) is 1. The van der Waals surface area contributed by atoms with Gasteiger partial charge in [-0.15, -0.1) is 0 Å². The molecule has 0 fully saturated rings. The van der Waals surface area contributed by atoms with Crippen LogP contribution in [0.1, 0.15) is 34.7 Å². The number of primary amides is 1. The summed E-state index contributed by atoms with van der Waals surface area (Å²) in [5.74, 6) is 2.06. The first-order valence-electron chi connectivity index (χ1n) is 8.49. The molecule has 0 aliphatic carbocycles. The predicted molar refractivity (Wildman–Crippen MR) is 104 cm³/mol. The predicted octanol–water partition coefficient (Wildman–Crippen LogP) is 3.23. The number of aryl methyl sites for hydroxylation is 1. The summed E-state index contributed by atoms with van der Waals surface area (Å²) in [6.07, 6.45) is 0. The summed E-state index contributed by atoms with van der Waals surface area (Å²) in [6, 6.07) is 10.8. The molecule has 0 bridgehead atoms. The molecule has 0 spiro atoms. The minimum Gasteiger partial charge on any atom is -0.493 e. The number of carbonyl (C=O) groups excluding carboxylic acids is 1. The standard InChI is InChI=1S/C20H22N4O3/c1-11(13-6-5-7-14(8-13)19(21)25)22-20-15-9-17(26-3)18(27-4)10-16(15)23-12(2)24-20/h5-11H,1-4H3,(H2,21,25)(H,22,23,24)/t11-/m1/s1. The lowest BCUT2D eigenvalue weighted by Gasteiger charge is -2.18. The molecule has 140 valence electrons.